The molecular weight excluding hydrogens is 487 g/mol. The van der Waals surface area contributed by atoms with Crippen LogP contribution in [0.4, 0.5) is 0 Å². The average molecular weight is 505 g/mol. The van der Waals surface area contributed by atoms with Gasteiger partial charge in [0, 0.05) is 16.0 Å². The smallest absolute Gasteiger partial charge is 0.339 e. The maximum atomic E-state index is 11.5. The van der Waals surface area contributed by atoms with Gasteiger partial charge in [-0.3, -0.25) is 4.79 Å². The van der Waals surface area contributed by atoms with Gasteiger partial charge in [0.15, 0.2) is 0 Å². The van der Waals surface area contributed by atoms with Crippen molar-refractivity contribution in [3.63, 3.8) is 0 Å². The Bertz CT molecular complexity index is 1490. The van der Waals surface area contributed by atoms with E-state index in [9.17, 15) is 19.5 Å². The summed E-state index contributed by atoms with van der Waals surface area (Å²) in [6.07, 6.45) is 0.743. The first-order valence-electron chi connectivity index (χ1n) is 10.1. The van der Waals surface area contributed by atoms with Crippen molar-refractivity contribution in [2.75, 3.05) is 13.7 Å². The molecule has 8 nitrogen and oxygen atoms in total. The first-order chi connectivity index (χ1) is 16.2. The third kappa shape index (κ3) is 5.35. The quantitative estimate of drug-likeness (QED) is 0.311. The van der Waals surface area contributed by atoms with Crippen LogP contribution in [0.5, 0.6) is 11.5 Å². The van der Waals surface area contributed by atoms with Crippen molar-refractivity contribution in [2.45, 2.75) is 6.42 Å². The molecule has 0 spiro atoms. The normalized spacial score (nSPS) is 16.6. The zero-order valence-electron chi connectivity index (χ0n) is 17.7. The standard InChI is InChI=1S/C15H13ClO5.C9H5ClO3/c1-19-15(18)10-4-8(10)7-20-13-6-14(17)21-12-3-2-9(16)5-11(12)13;10-5-1-2-8-6(3-5)7(11)4-9(12)13-8/h2-3,5-6,8,10H,4,7H2,1H3;1-4,11H/t8-,10+;/m0./s1. The molecule has 1 aliphatic carbocycles. The molecule has 1 aliphatic rings. The molecule has 0 radical (unpaired) electrons. The lowest BCUT2D eigenvalue weighted by Crippen LogP contribution is -2.09. The van der Waals surface area contributed by atoms with Gasteiger partial charge in [-0.05, 0) is 42.8 Å². The number of methoxy groups -OCH3 is 1. The van der Waals surface area contributed by atoms with E-state index in [0.717, 1.165) is 12.5 Å². The number of aromatic hydroxyl groups is 1. The van der Waals surface area contributed by atoms with Crippen LogP contribution in [0.1, 0.15) is 6.42 Å². The Hall–Kier alpha value is -3.49. The van der Waals surface area contributed by atoms with Gasteiger partial charge in [0.1, 0.15) is 22.7 Å². The van der Waals surface area contributed by atoms with Gasteiger partial charge in [0.2, 0.25) is 0 Å². The van der Waals surface area contributed by atoms with Crippen molar-refractivity contribution in [2.24, 2.45) is 11.8 Å². The molecular formula is C24H18Cl2O8. The molecule has 5 rings (SSSR count). The van der Waals surface area contributed by atoms with Crippen LogP contribution in [0.2, 0.25) is 10.0 Å². The summed E-state index contributed by atoms with van der Waals surface area (Å²) < 4.78 is 20.3. The van der Waals surface area contributed by atoms with Crippen LogP contribution in [0.25, 0.3) is 21.9 Å². The number of ether oxygens (including phenoxy) is 2. The van der Waals surface area contributed by atoms with Crippen LogP contribution in [0, 0.1) is 11.8 Å². The van der Waals surface area contributed by atoms with E-state index in [4.69, 9.17) is 36.8 Å². The molecule has 1 fully saturated rings. The maximum Gasteiger partial charge on any atom is 0.339 e. The van der Waals surface area contributed by atoms with E-state index in [2.05, 4.69) is 4.74 Å². The fourth-order valence-corrected chi connectivity index (χ4v) is 3.76. The van der Waals surface area contributed by atoms with E-state index in [1.807, 2.05) is 0 Å². The van der Waals surface area contributed by atoms with E-state index in [1.54, 1.807) is 30.3 Å². The third-order valence-electron chi connectivity index (χ3n) is 5.23. The number of carbonyl (C=O) groups is 1. The molecule has 10 heteroatoms. The van der Waals surface area contributed by atoms with Crippen molar-refractivity contribution in [1.82, 2.24) is 0 Å². The Balaban J connectivity index is 0.000000180. The summed E-state index contributed by atoms with van der Waals surface area (Å²) in [5.74, 6) is 0.0981. The lowest BCUT2D eigenvalue weighted by Gasteiger charge is -2.08. The van der Waals surface area contributed by atoms with Gasteiger partial charge < -0.3 is 23.4 Å². The molecule has 0 aliphatic heterocycles. The Morgan fingerprint density at radius 3 is 2.21 bits per heavy atom. The number of hydrogen-bond acceptors (Lipinski definition) is 8. The highest BCUT2D eigenvalue weighted by Gasteiger charge is 2.44. The second-order valence-electron chi connectivity index (χ2n) is 7.60. The molecule has 2 heterocycles. The van der Waals surface area contributed by atoms with Gasteiger partial charge in [0.05, 0.1) is 42.5 Å². The highest BCUT2D eigenvalue weighted by Crippen LogP contribution is 2.40. The fourth-order valence-electron chi connectivity index (χ4n) is 3.41. The van der Waals surface area contributed by atoms with Crippen LogP contribution in [0.15, 0.2) is 67.0 Å². The van der Waals surface area contributed by atoms with Crippen molar-refractivity contribution in [1.29, 1.82) is 0 Å². The monoisotopic (exact) mass is 504 g/mol. The third-order valence-corrected chi connectivity index (χ3v) is 5.70. The molecule has 0 saturated heterocycles. The predicted molar refractivity (Wildman–Crippen MR) is 126 cm³/mol. The average Bonchev–Trinajstić information content (AvgIpc) is 3.58. The minimum absolute atomic E-state index is 0.107. The first kappa shape index (κ1) is 23.7. The number of esters is 1. The van der Waals surface area contributed by atoms with Crippen molar-refractivity contribution < 1.29 is 28.2 Å². The van der Waals surface area contributed by atoms with Gasteiger partial charge in [-0.15, -0.1) is 0 Å². The summed E-state index contributed by atoms with van der Waals surface area (Å²) in [4.78, 5) is 33.7. The van der Waals surface area contributed by atoms with Crippen molar-refractivity contribution in [3.8, 4) is 11.5 Å². The minimum Gasteiger partial charge on any atom is -0.507 e. The molecule has 4 aromatic rings. The highest BCUT2D eigenvalue weighted by molar-refractivity contribution is 6.31. The van der Waals surface area contributed by atoms with Crippen LogP contribution in [-0.2, 0) is 9.53 Å². The zero-order chi connectivity index (χ0) is 24.4. The van der Waals surface area contributed by atoms with E-state index < -0.39 is 11.3 Å². The summed E-state index contributed by atoms with van der Waals surface area (Å²) in [5.41, 5.74) is -0.316. The number of halogens is 2. The summed E-state index contributed by atoms with van der Waals surface area (Å²) in [5, 5.41) is 11.4. The van der Waals surface area contributed by atoms with Gasteiger partial charge in [-0.25, -0.2) is 9.59 Å². The van der Waals surface area contributed by atoms with E-state index >= 15 is 0 Å². The Kier molecular flexibility index (Phi) is 6.81. The molecule has 2 aromatic carbocycles. The largest absolute Gasteiger partial charge is 0.507 e. The fraction of sp³-hybridized carbons (Fsp3) is 0.208. The Labute approximate surface area is 202 Å². The van der Waals surface area contributed by atoms with Gasteiger partial charge in [-0.1, -0.05) is 23.2 Å². The summed E-state index contributed by atoms with van der Waals surface area (Å²) in [7, 11) is 1.37. The topological polar surface area (TPSA) is 116 Å². The van der Waals surface area contributed by atoms with Crippen LogP contribution in [0.3, 0.4) is 0 Å². The number of fused-ring (bicyclic) bond motifs is 2. The number of carbonyl (C=O) groups excluding carboxylic acids is 1. The van der Waals surface area contributed by atoms with E-state index in [0.29, 0.717) is 44.3 Å². The molecule has 34 heavy (non-hydrogen) atoms. The van der Waals surface area contributed by atoms with Gasteiger partial charge in [0.25, 0.3) is 0 Å². The molecule has 1 saturated carbocycles. The molecule has 1 N–H and O–H groups in total. The van der Waals surface area contributed by atoms with Crippen molar-refractivity contribution in [3.05, 3.63) is 79.4 Å². The predicted octanol–water partition coefficient (Wildman–Crippen LogP) is 4.79. The SMILES string of the molecule is COC(=O)[C@@H]1C[C@H]1COc1cc(=O)oc2ccc(Cl)cc12.O=c1cc(O)c2cc(Cl)ccc2o1. The van der Waals surface area contributed by atoms with Crippen LogP contribution >= 0.6 is 23.2 Å². The van der Waals surface area contributed by atoms with E-state index in [-0.39, 0.29) is 23.6 Å². The van der Waals surface area contributed by atoms with E-state index in [1.165, 1.54) is 19.2 Å². The van der Waals surface area contributed by atoms with Crippen LogP contribution in [-0.4, -0.2) is 24.8 Å². The molecule has 0 bridgehead atoms. The molecule has 0 unspecified atom stereocenters. The maximum absolute atomic E-state index is 11.5. The lowest BCUT2D eigenvalue weighted by molar-refractivity contribution is -0.142. The molecule has 0 amide bonds. The first-order valence-corrected chi connectivity index (χ1v) is 10.9. The second-order valence-corrected chi connectivity index (χ2v) is 8.47. The summed E-state index contributed by atoms with van der Waals surface area (Å²) in [6.45, 7) is 0.352. The van der Waals surface area contributed by atoms with Crippen LogP contribution < -0.4 is 16.0 Å². The number of benzene rings is 2. The van der Waals surface area contributed by atoms with Gasteiger partial charge in [-0.2, -0.15) is 0 Å². The van der Waals surface area contributed by atoms with Gasteiger partial charge >= 0.3 is 17.2 Å². The Morgan fingerprint density at radius 1 is 0.971 bits per heavy atom. The second kappa shape index (κ2) is 9.79. The minimum atomic E-state index is -0.577. The molecule has 176 valence electrons. The zero-order valence-corrected chi connectivity index (χ0v) is 19.3. The Morgan fingerprint density at radius 2 is 1.56 bits per heavy atom. The number of hydrogen-bond donors (Lipinski definition) is 1. The lowest BCUT2D eigenvalue weighted by atomic mass is 10.2. The summed E-state index contributed by atoms with van der Waals surface area (Å²) in [6, 6.07) is 11.9. The molecule has 2 atom stereocenters. The molecule has 2 aromatic heterocycles. The van der Waals surface area contributed by atoms with Crippen molar-refractivity contribution >= 4 is 51.1 Å². The highest BCUT2D eigenvalue weighted by atomic mass is 35.5. The summed E-state index contributed by atoms with van der Waals surface area (Å²) >= 11 is 11.7. The number of rotatable bonds is 4.